The van der Waals surface area contributed by atoms with Gasteiger partial charge in [-0.25, -0.2) is 0 Å². The standard InChI is InChI=1S/C13H16N2O/c1-13(2,3)15-9-11(8-14-15)10-5-4-6-12(16)7-10/h4-9,16H,1-3H3. The number of hydrogen-bond donors (Lipinski definition) is 1. The lowest BCUT2D eigenvalue weighted by atomic mass is 10.1. The van der Waals surface area contributed by atoms with Gasteiger partial charge in [0.05, 0.1) is 11.7 Å². The zero-order valence-electron chi connectivity index (χ0n) is 9.81. The molecular weight excluding hydrogens is 200 g/mol. The Morgan fingerprint density at radius 2 is 1.94 bits per heavy atom. The Morgan fingerprint density at radius 3 is 2.50 bits per heavy atom. The summed E-state index contributed by atoms with van der Waals surface area (Å²) in [7, 11) is 0. The molecule has 0 aliphatic heterocycles. The van der Waals surface area contributed by atoms with Gasteiger partial charge in [-0.3, -0.25) is 4.68 Å². The van der Waals surface area contributed by atoms with Crippen molar-refractivity contribution < 1.29 is 5.11 Å². The third kappa shape index (κ3) is 2.08. The highest BCUT2D eigenvalue weighted by molar-refractivity contribution is 5.63. The molecule has 0 saturated carbocycles. The average molecular weight is 216 g/mol. The monoisotopic (exact) mass is 216 g/mol. The summed E-state index contributed by atoms with van der Waals surface area (Å²) in [6, 6.07) is 7.20. The van der Waals surface area contributed by atoms with Gasteiger partial charge in [-0.2, -0.15) is 5.10 Å². The molecule has 0 amide bonds. The summed E-state index contributed by atoms with van der Waals surface area (Å²) in [6.45, 7) is 6.31. The van der Waals surface area contributed by atoms with Crippen molar-refractivity contribution in [1.29, 1.82) is 0 Å². The van der Waals surface area contributed by atoms with Crippen LogP contribution in [0.15, 0.2) is 36.7 Å². The highest BCUT2D eigenvalue weighted by Gasteiger charge is 2.14. The van der Waals surface area contributed by atoms with E-state index in [4.69, 9.17) is 0 Å². The molecule has 0 bridgehead atoms. The van der Waals surface area contributed by atoms with Gasteiger partial charge in [0.15, 0.2) is 0 Å². The van der Waals surface area contributed by atoms with Gasteiger partial charge in [-0.05, 0) is 38.5 Å². The van der Waals surface area contributed by atoms with Crippen LogP contribution in [0, 0.1) is 0 Å². The van der Waals surface area contributed by atoms with Gasteiger partial charge in [-0.15, -0.1) is 0 Å². The molecule has 3 nitrogen and oxygen atoms in total. The molecule has 1 aromatic carbocycles. The predicted molar refractivity (Wildman–Crippen MR) is 64.3 cm³/mol. The van der Waals surface area contributed by atoms with E-state index in [1.54, 1.807) is 12.1 Å². The fraction of sp³-hybridized carbons (Fsp3) is 0.308. The summed E-state index contributed by atoms with van der Waals surface area (Å²) in [4.78, 5) is 0. The number of phenolic OH excluding ortho intramolecular Hbond substituents is 1. The minimum Gasteiger partial charge on any atom is -0.508 e. The van der Waals surface area contributed by atoms with Crippen LogP contribution in [0.2, 0.25) is 0 Å². The van der Waals surface area contributed by atoms with E-state index in [2.05, 4.69) is 25.9 Å². The Balaban J connectivity index is 2.39. The van der Waals surface area contributed by atoms with Crippen LogP contribution in [0.3, 0.4) is 0 Å². The van der Waals surface area contributed by atoms with Crippen molar-refractivity contribution >= 4 is 0 Å². The van der Waals surface area contributed by atoms with Crippen LogP contribution >= 0.6 is 0 Å². The molecule has 0 radical (unpaired) electrons. The molecule has 3 heteroatoms. The second-order valence-electron chi connectivity index (χ2n) is 4.89. The fourth-order valence-electron chi connectivity index (χ4n) is 1.52. The minimum atomic E-state index is -0.0188. The van der Waals surface area contributed by atoms with Crippen molar-refractivity contribution in [2.45, 2.75) is 26.3 Å². The van der Waals surface area contributed by atoms with Gasteiger partial charge in [0.25, 0.3) is 0 Å². The van der Waals surface area contributed by atoms with Gasteiger partial charge in [0.2, 0.25) is 0 Å². The first-order valence-corrected chi connectivity index (χ1v) is 5.31. The highest BCUT2D eigenvalue weighted by atomic mass is 16.3. The maximum absolute atomic E-state index is 9.41. The maximum atomic E-state index is 9.41. The van der Waals surface area contributed by atoms with E-state index in [0.29, 0.717) is 0 Å². The van der Waals surface area contributed by atoms with Crippen LogP contribution in [0.5, 0.6) is 5.75 Å². The number of phenols is 1. The Morgan fingerprint density at radius 1 is 1.19 bits per heavy atom. The zero-order chi connectivity index (χ0) is 11.8. The number of aromatic hydroxyl groups is 1. The first-order valence-electron chi connectivity index (χ1n) is 5.31. The van der Waals surface area contributed by atoms with Crippen molar-refractivity contribution in [3.8, 4) is 16.9 Å². The van der Waals surface area contributed by atoms with Crippen LogP contribution in [0.1, 0.15) is 20.8 Å². The molecule has 0 saturated heterocycles. The van der Waals surface area contributed by atoms with Crippen LogP contribution in [0.4, 0.5) is 0 Å². The summed E-state index contributed by atoms with van der Waals surface area (Å²) in [5.74, 6) is 0.279. The molecule has 1 heterocycles. The summed E-state index contributed by atoms with van der Waals surface area (Å²) in [5, 5.41) is 13.7. The Hall–Kier alpha value is -1.77. The molecule has 0 aliphatic rings. The SMILES string of the molecule is CC(C)(C)n1cc(-c2cccc(O)c2)cn1. The van der Waals surface area contributed by atoms with Gasteiger partial charge in [0, 0.05) is 11.8 Å². The summed E-state index contributed by atoms with van der Waals surface area (Å²) < 4.78 is 1.92. The van der Waals surface area contributed by atoms with Crippen molar-refractivity contribution in [2.24, 2.45) is 0 Å². The van der Waals surface area contributed by atoms with Crippen molar-refractivity contribution in [1.82, 2.24) is 9.78 Å². The molecule has 0 spiro atoms. The van der Waals surface area contributed by atoms with Crippen LogP contribution in [-0.4, -0.2) is 14.9 Å². The van der Waals surface area contributed by atoms with Gasteiger partial charge in [-0.1, -0.05) is 12.1 Å². The second-order valence-corrected chi connectivity index (χ2v) is 4.89. The lowest BCUT2D eigenvalue weighted by molar-refractivity contribution is 0.355. The number of aromatic nitrogens is 2. The Labute approximate surface area is 95.3 Å². The lowest BCUT2D eigenvalue weighted by Crippen LogP contribution is -2.21. The van der Waals surface area contributed by atoms with Crippen molar-refractivity contribution in [3.05, 3.63) is 36.7 Å². The third-order valence-corrected chi connectivity index (χ3v) is 2.45. The van der Waals surface area contributed by atoms with E-state index in [0.717, 1.165) is 11.1 Å². The number of nitrogens with zero attached hydrogens (tertiary/aromatic N) is 2. The van der Waals surface area contributed by atoms with E-state index in [1.807, 2.05) is 29.2 Å². The van der Waals surface area contributed by atoms with Crippen molar-refractivity contribution in [3.63, 3.8) is 0 Å². The molecule has 0 atom stereocenters. The van der Waals surface area contributed by atoms with Crippen molar-refractivity contribution in [2.75, 3.05) is 0 Å². The van der Waals surface area contributed by atoms with Gasteiger partial charge in [0.1, 0.15) is 5.75 Å². The van der Waals surface area contributed by atoms with E-state index in [1.165, 1.54) is 0 Å². The van der Waals surface area contributed by atoms with E-state index in [9.17, 15) is 5.11 Å². The summed E-state index contributed by atoms with van der Waals surface area (Å²) in [6.07, 6.45) is 3.81. The molecule has 0 fully saturated rings. The molecule has 1 aromatic heterocycles. The molecular formula is C13H16N2O. The molecule has 2 aromatic rings. The van der Waals surface area contributed by atoms with E-state index in [-0.39, 0.29) is 11.3 Å². The number of rotatable bonds is 1. The normalized spacial score (nSPS) is 11.7. The largest absolute Gasteiger partial charge is 0.508 e. The fourth-order valence-corrected chi connectivity index (χ4v) is 1.52. The van der Waals surface area contributed by atoms with Gasteiger partial charge < -0.3 is 5.11 Å². The maximum Gasteiger partial charge on any atom is 0.116 e. The molecule has 2 rings (SSSR count). The molecule has 0 unspecified atom stereocenters. The first kappa shape index (κ1) is 10.7. The van der Waals surface area contributed by atoms with Crippen LogP contribution in [0.25, 0.3) is 11.1 Å². The Kier molecular flexibility index (Phi) is 2.46. The molecule has 84 valence electrons. The zero-order valence-corrected chi connectivity index (χ0v) is 9.81. The summed E-state index contributed by atoms with van der Waals surface area (Å²) >= 11 is 0. The van der Waals surface area contributed by atoms with Crippen LogP contribution in [-0.2, 0) is 5.54 Å². The molecule has 16 heavy (non-hydrogen) atoms. The van der Waals surface area contributed by atoms with E-state index < -0.39 is 0 Å². The first-order chi connectivity index (χ1) is 7.47. The minimum absolute atomic E-state index is 0.0188. The number of hydrogen-bond acceptors (Lipinski definition) is 2. The molecule has 1 N–H and O–H groups in total. The highest BCUT2D eigenvalue weighted by Crippen LogP contribution is 2.24. The third-order valence-electron chi connectivity index (χ3n) is 2.45. The summed E-state index contributed by atoms with van der Waals surface area (Å²) in [5.41, 5.74) is 1.98. The Bertz CT molecular complexity index is 495. The predicted octanol–water partition coefficient (Wildman–Crippen LogP) is 3.01. The molecule has 0 aliphatic carbocycles. The number of benzene rings is 1. The van der Waals surface area contributed by atoms with Gasteiger partial charge >= 0.3 is 0 Å². The van der Waals surface area contributed by atoms with Crippen LogP contribution < -0.4 is 0 Å². The second kappa shape index (κ2) is 3.67. The smallest absolute Gasteiger partial charge is 0.116 e. The lowest BCUT2D eigenvalue weighted by Gasteiger charge is -2.18. The quantitative estimate of drug-likeness (QED) is 0.795. The topological polar surface area (TPSA) is 38.0 Å². The average Bonchev–Trinajstić information content (AvgIpc) is 2.65. The van der Waals surface area contributed by atoms with E-state index >= 15 is 0 Å².